The summed E-state index contributed by atoms with van der Waals surface area (Å²) in [5.41, 5.74) is 4.95. The molecule has 34 heavy (non-hydrogen) atoms. The van der Waals surface area contributed by atoms with Crippen LogP contribution in [0, 0.1) is 18.3 Å². The Kier molecular flexibility index (Phi) is 8.98. The molecule has 3 aromatic rings. The van der Waals surface area contributed by atoms with E-state index in [4.69, 9.17) is 0 Å². The number of nitrogens with zero attached hydrogens (tertiary/aromatic N) is 2. The molecule has 2 amide bonds. The van der Waals surface area contributed by atoms with E-state index in [1.54, 1.807) is 24.4 Å². The van der Waals surface area contributed by atoms with Crippen LogP contribution in [0.2, 0.25) is 0 Å². The molecular weight excluding hydrogens is 427 g/mol. The number of carbonyl (C=O) groups is 1. The molecule has 1 heterocycles. The highest BCUT2D eigenvalue weighted by Gasteiger charge is 2.25. The van der Waals surface area contributed by atoms with Crippen LogP contribution in [0.25, 0.3) is 11.6 Å². The molecule has 0 bridgehead atoms. The Morgan fingerprint density at radius 1 is 1.12 bits per heavy atom. The highest BCUT2D eigenvalue weighted by atomic mass is 16.4. The third-order valence-corrected chi connectivity index (χ3v) is 5.28. The summed E-state index contributed by atoms with van der Waals surface area (Å²) in [5, 5.41) is 34.2. The molecule has 0 aliphatic heterocycles. The number of carbonyl (C=O) groups excluding carboxylic acids is 1. The van der Waals surface area contributed by atoms with Crippen molar-refractivity contribution < 1.29 is 14.8 Å². The summed E-state index contributed by atoms with van der Waals surface area (Å²) in [7, 11) is -1.68. The molecule has 4 N–H and O–H groups in total. The van der Waals surface area contributed by atoms with Gasteiger partial charge in [0.15, 0.2) is 0 Å². The number of benzene rings is 2. The number of nitriles is 1. The molecule has 2 aromatic carbocycles. The summed E-state index contributed by atoms with van der Waals surface area (Å²) < 4.78 is 0. The number of pyridine rings is 1. The largest absolute Gasteiger partial charge is 0.475 e. The van der Waals surface area contributed by atoms with E-state index in [0.717, 1.165) is 22.3 Å². The van der Waals surface area contributed by atoms with Gasteiger partial charge in [-0.15, -0.1) is 0 Å². The van der Waals surface area contributed by atoms with Crippen molar-refractivity contribution in [2.45, 2.75) is 25.7 Å². The molecule has 1 unspecified atom stereocenters. The van der Waals surface area contributed by atoms with Gasteiger partial charge in [0.1, 0.15) is 6.07 Å². The number of urea groups is 1. The number of hydrogen-bond donors (Lipinski definition) is 4. The third kappa shape index (κ3) is 7.59. The van der Waals surface area contributed by atoms with Gasteiger partial charge in [-0.1, -0.05) is 60.2 Å². The van der Waals surface area contributed by atoms with Crippen LogP contribution < -0.4 is 10.6 Å². The molecule has 0 fully saturated rings. The fourth-order valence-corrected chi connectivity index (χ4v) is 3.44. The second kappa shape index (κ2) is 12.4. The molecule has 0 aliphatic rings. The summed E-state index contributed by atoms with van der Waals surface area (Å²) in [6.07, 6.45) is 4.31. The summed E-state index contributed by atoms with van der Waals surface area (Å²) in [5.74, 6) is -0.827. The van der Waals surface area contributed by atoms with Gasteiger partial charge in [-0.2, -0.15) is 5.26 Å². The molecule has 3 rings (SSSR count). The standard InChI is InChI=1S/C26H27BN4O3/c1-19-8-10-21(11-9-19)17-25(27(33)34)31-26(32)30-14-12-20-5-4-6-22(15-20)16-23(18-28)24-7-2-3-13-29-24/h2-11,13,15-16,25,33-34H,12,14,17H2,1H3,(H2,30,31,32). The van der Waals surface area contributed by atoms with Crippen molar-refractivity contribution in [2.24, 2.45) is 0 Å². The summed E-state index contributed by atoms with van der Waals surface area (Å²) >= 11 is 0. The van der Waals surface area contributed by atoms with Crippen molar-refractivity contribution in [3.05, 3.63) is 101 Å². The number of amides is 2. The number of hydrogen-bond acceptors (Lipinski definition) is 5. The van der Waals surface area contributed by atoms with Gasteiger partial charge in [-0.05, 0) is 54.7 Å². The fraction of sp³-hybridized carbons (Fsp3) is 0.192. The van der Waals surface area contributed by atoms with E-state index >= 15 is 0 Å². The summed E-state index contributed by atoms with van der Waals surface area (Å²) in [6, 6.07) is 22.5. The zero-order valence-corrected chi connectivity index (χ0v) is 19.0. The lowest BCUT2D eigenvalue weighted by Crippen LogP contribution is -2.51. The SMILES string of the molecule is Cc1ccc(CC(NC(=O)NCCc2cccc(C=C(C#N)c3ccccn3)c2)B(O)O)cc1. The Morgan fingerprint density at radius 2 is 1.91 bits per heavy atom. The molecule has 0 saturated heterocycles. The van der Waals surface area contributed by atoms with Crippen LogP contribution in [0.1, 0.15) is 27.9 Å². The van der Waals surface area contributed by atoms with Gasteiger partial charge in [0.2, 0.25) is 0 Å². The van der Waals surface area contributed by atoms with Crippen molar-refractivity contribution in [1.82, 2.24) is 15.6 Å². The molecule has 0 spiro atoms. The van der Waals surface area contributed by atoms with E-state index in [-0.39, 0.29) is 0 Å². The van der Waals surface area contributed by atoms with Gasteiger partial charge in [-0.25, -0.2) is 4.79 Å². The maximum atomic E-state index is 12.3. The van der Waals surface area contributed by atoms with Crippen LogP contribution in [0.5, 0.6) is 0 Å². The lowest BCUT2D eigenvalue weighted by molar-refractivity contribution is 0.237. The van der Waals surface area contributed by atoms with Gasteiger partial charge in [-0.3, -0.25) is 4.98 Å². The highest BCUT2D eigenvalue weighted by Crippen LogP contribution is 2.16. The predicted molar refractivity (Wildman–Crippen MR) is 133 cm³/mol. The number of nitrogens with one attached hydrogen (secondary N) is 2. The minimum Gasteiger partial charge on any atom is -0.426 e. The van der Waals surface area contributed by atoms with Crippen LogP contribution in [-0.4, -0.2) is 40.7 Å². The quantitative estimate of drug-likeness (QED) is 0.293. The van der Waals surface area contributed by atoms with E-state index in [1.165, 1.54) is 0 Å². The Morgan fingerprint density at radius 3 is 2.59 bits per heavy atom. The summed E-state index contributed by atoms with van der Waals surface area (Å²) in [6.45, 7) is 2.34. The summed E-state index contributed by atoms with van der Waals surface area (Å²) in [4.78, 5) is 16.5. The van der Waals surface area contributed by atoms with Gasteiger partial charge in [0.05, 0.1) is 17.2 Å². The molecule has 0 aliphatic carbocycles. The average molecular weight is 454 g/mol. The Bertz CT molecular complexity index is 1160. The number of aryl methyl sites for hydroxylation is 1. The molecule has 0 saturated carbocycles. The van der Waals surface area contributed by atoms with E-state index in [1.807, 2.05) is 61.5 Å². The van der Waals surface area contributed by atoms with Gasteiger partial charge >= 0.3 is 13.1 Å². The maximum absolute atomic E-state index is 12.3. The van der Waals surface area contributed by atoms with Crippen molar-refractivity contribution in [1.29, 1.82) is 5.26 Å². The van der Waals surface area contributed by atoms with E-state index in [9.17, 15) is 20.1 Å². The molecule has 1 atom stereocenters. The molecule has 172 valence electrons. The van der Waals surface area contributed by atoms with Crippen LogP contribution in [0.15, 0.2) is 72.9 Å². The molecule has 1 aromatic heterocycles. The Labute approximate surface area is 199 Å². The van der Waals surface area contributed by atoms with E-state index in [0.29, 0.717) is 30.7 Å². The maximum Gasteiger partial charge on any atom is 0.475 e. The first-order valence-electron chi connectivity index (χ1n) is 11.0. The number of rotatable bonds is 9. The smallest absolute Gasteiger partial charge is 0.426 e. The van der Waals surface area contributed by atoms with E-state index in [2.05, 4.69) is 21.7 Å². The molecule has 7 nitrogen and oxygen atoms in total. The Hall–Kier alpha value is -3.93. The van der Waals surface area contributed by atoms with Gasteiger partial charge in [0, 0.05) is 12.7 Å². The fourth-order valence-electron chi connectivity index (χ4n) is 3.44. The van der Waals surface area contributed by atoms with E-state index < -0.39 is 19.1 Å². The van der Waals surface area contributed by atoms with Crippen molar-refractivity contribution >= 4 is 24.8 Å². The lowest BCUT2D eigenvalue weighted by atomic mass is 9.76. The molecular formula is C26H27BN4O3. The number of allylic oxidation sites excluding steroid dienone is 1. The first-order valence-corrected chi connectivity index (χ1v) is 11.0. The van der Waals surface area contributed by atoms with Gasteiger partial charge in [0.25, 0.3) is 0 Å². The first kappa shape index (κ1) is 24.7. The first-order chi connectivity index (χ1) is 16.4. The van der Waals surface area contributed by atoms with Crippen molar-refractivity contribution in [3.8, 4) is 6.07 Å². The van der Waals surface area contributed by atoms with Crippen LogP contribution in [0.4, 0.5) is 4.79 Å². The lowest BCUT2D eigenvalue weighted by Gasteiger charge is -2.18. The molecule has 8 heteroatoms. The van der Waals surface area contributed by atoms with Crippen molar-refractivity contribution in [3.63, 3.8) is 0 Å². The second-order valence-electron chi connectivity index (χ2n) is 7.99. The Balaban J connectivity index is 1.54. The topological polar surface area (TPSA) is 118 Å². The van der Waals surface area contributed by atoms with Crippen LogP contribution >= 0.6 is 0 Å². The second-order valence-corrected chi connectivity index (χ2v) is 7.99. The van der Waals surface area contributed by atoms with Gasteiger partial charge < -0.3 is 20.7 Å². The van der Waals surface area contributed by atoms with Crippen LogP contribution in [0.3, 0.4) is 0 Å². The minimum absolute atomic E-state index is 0.303. The zero-order chi connectivity index (χ0) is 24.3. The minimum atomic E-state index is -1.68. The van der Waals surface area contributed by atoms with Crippen LogP contribution in [-0.2, 0) is 12.8 Å². The average Bonchev–Trinajstić information content (AvgIpc) is 2.84. The third-order valence-electron chi connectivity index (χ3n) is 5.28. The molecule has 0 radical (unpaired) electrons. The monoisotopic (exact) mass is 454 g/mol. The number of aromatic nitrogens is 1. The normalized spacial score (nSPS) is 11.9. The van der Waals surface area contributed by atoms with Crippen molar-refractivity contribution in [2.75, 3.05) is 6.54 Å². The predicted octanol–water partition coefficient (Wildman–Crippen LogP) is 2.92. The highest BCUT2D eigenvalue weighted by molar-refractivity contribution is 6.43. The zero-order valence-electron chi connectivity index (χ0n) is 19.0.